The Bertz CT molecular complexity index is 349. The number of hydrogen-bond acceptors (Lipinski definition) is 2. The molecule has 0 radical (unpaired) electrons. The van der Waals surface area contributed by atoms with Gasteiger partial charge in [0, 0.05) is 10.9 Å². The Morgan fingerprint density at radius 3 is 2.80 bits per heavy atom. The van der Waals surface area contributed by atoms with Gasteiger partial charge in [0.05, 0.1) is 11.8 Å². The van der Waals surface area contributed by atoms with Gasteiger partial charge in [0.15, 0.2) is 0 Å². The molecule has 0 aliphatic rings. The Kier molecular flexibility index (Phi) is 4.22. The van der Waals surface area contributed by atoms with Gasteiger partial charge in [-0.25, -0.2) is 0 Å². The van der Waals surface area contributed by atoms with Crippen LogP contribution in [-0.2, 0) is 0 Å². The molecule has 1 aromatic rings. The lowest BCUT2D eigenvalue weighted by atomic mass is 10.0. The van der Waals surface area contributed by atoms with E-state index in [0.717, 1.165) is 11.8 Å². The number of furan rings is 1. The van der Waals surface area contributed by atoms with Crippen molar-refractivity contribution < 1.29 is 9.21 Å². The highest BCUT2D eigenvalue weighted by Gasteiger charge is 2.22. The molecule has 0 saturated carbocycles. The van der Waals surface area contributed by atoms with Gasteiger partial charge in [0.25, 0.3) is 5.91 Å². The van der Waals surface area contributed by atoms with E-state index in [1.807, 2.05) is 13.8 Å². The van der Waals surface area contributed by atoms with Crippen LogP contribution in [0.5, 0.6) is 0 Å². The van der Waals surface area contributed by atoms with E-state index < -0.39 is 0 Å². The molecule has 1 rings (SSSR count). The van der Waals surface area contributed by atoms with E-state index in [0.29, 0.717) is 5.56 Å². The second-order valence-electron chi connectivity index (χ2n) is 3.88. The largest absolute Gasteiger partial charge is 0.452 e. The zero-order valence-corrected chi connectivity index (χ0v) is 11.0. The lowest BCUT2D eigenvalue weighted by molar-refractivity contribution is 0.0911. The zero-order valence-electron chi connectivity index (χ0n) is 8.64. The predicted molar refractivity (Wildman–Crippen MR) is 63.7 cm³/mol. The summed E-state index contributed by atoms with van der Waals surface area (Å²) < 4.78 is 4.86. The van der Waals surface area contributed by atoms with Crippen molar-refractivity contribution in [2.75, 3.05) is 5.33 Å². The maximum Gasteiger partial charge on any atom is 0.256 e. The van der Waals surface area contributed by atoms with Gasteiger partial charge in [-0.2, -0.15) is 0 Å². The first-order valence-electron chi connectivity index (χ1n) is 4.58. The minimum Gasteiger partial charge on any atom is -0.452 e. The topological polar surface area (TPSA) is 42.2 Å². The van der Waals surface area contributed by atoms with Crippen LogP contribution >= 0.6 is 27.5 Å². The van der Waals surface area contributed by atoms with E-state index >= 15 is 0 Å². The molecule has 0 atom stereocenters. The summed E-state index contributed by atoms with van der Waals surface area (Å²) >= 11 is 9.05. The highest BCUT2D eigenvalue weighted by Crippen LogP contribution is 2.18. The van der Waals surface area contributed by atoms with Gasteiger partial charge in [-0.05, 0) is 37.9 Å². The highest BCUT2D eigenvalue weighted by atomic mass is 79.9. The molecule has 0 spiro atoms. The Morgan fingerprint density at radius 1 is 1.67 bits per heavy atom. The lowest BCUT2D eigenvalue weighted by Gasteiger charge is -2.25. The summed E-state index contributed by atoms with van der Waals surface area (Å²) in [7, 11) is 0. The molecule has 1 N–H and O–H groups in total. The van der Waals surface area contributed by atoms with E-state index in [2.05, 4.69) is 21.2 Å². The van der Waals surface area contributed by atoms with Gasteiger partial charge in [-0.3, -0.25) is 4.79 Å². The minimum absolute atomic E-state index is 0.127. The molecule has 1 heterocycles. The van der Waals surface area contributed by atoms with Crippen LogP contribution < -0.4 is 5.32 Å². The van der Waals surface area contributed by atoms with Crippen molar-refractivity contribution in [3.63, 3.8) is 0 Å². The van der Waals surface area contributed by atoms with Crippen molar-refractivity contribution in [2.24, 2.45) is 0 Å². The summed E-state index contributed by atoms with van der Waals surface area (Å²) in [5, 5.41) is 3.85. The summed E-state index contributed by atoms with van der Waals surface area (Å²) in [5.74, 6) is -0.209. The van der Waals surface area contributed by atoms with Crippen molar-refractivity contribution in [1.29, 1.82) is 0 Å². The van der Waals surface area contributed by atoms with Crippen LogP contribution in [0.15, 0.2) is 16.7 Å². The Labute approximate surface area is 102 Å². The van der Waals surface area contributed by atoms with Crippen LogP contribution in [0.4, 0.5) is 0 Å². The fraction of sp³-hybridized carbons (Fsp3) is 0.500. The summed E-state index contributed by atoms with van der Waals surface area (Å²) in [6, 6.07) is 1.56. The second kappa shape index (κ2) is 5.03. The van der Waals surface area contributed by atoms with Crippen LogP contribution in [0.25, 0.3) is 0 Å². The molecule has 3 nitrogen and oxygen atoms in total. The molecule has 0 aliphatic carbocycles. The average molecular weight is 295 g/mol. The first-order valence-corrected chi connectivity index (χ1v) is 6.08. The number of carbonyl (C=O) groups is 1. The molecule has 84 valence electrons. The third-order valence-corrected chi connectivity index (χ3v) is 2.72. The molecule has 0 aliphatic heterocycles. The molecule has 5 heteroatoms. The molecule has 0 fully saturated rings. The quantitative estimate of drug-likeness (QED) is 0.866. The van der Waals surface area contributed by atoms with Crippen molar-refractivity contribution in [1.82, 2.24) is 5.32 Å². The average Bonchev–Trinajstić information content (AvgIpc) is 2.50. The normalized spacial score (nSPS) is 11.5. The van der Waals surface area contributed by atoms with Crippen molar-refractivity contribution in [3.05, 3.63) is 23.1 Å². The number of rotatable bonds is 4. The second-order valence-corrected chi connectivity index (χ2v) is 5.02. The van der Waals surface area contributed by atoms with Crippen molar-refractivity contribution in [2.45, 2.75) is 25.8 Å². The van der Waals surface area contributed by atoms with E-state index in [9.17, 15) is 4.79 Å². The summed E-state index contributed by atoms with van der Waals surface area (Å²) in [6.07, 6.45) is 2.24. The van der Waals surface area contributed by atoms with Gasteiger partial charge in [0.1, 0.15) is 0 Å². The Balaban J connectivity index is 2.68. The maximum absolute atomic E-state index is 11.7. The number of alkyl halides is 1. The molecule has 0 bridgehead atoms. The smallest absolute Gasteiger partial charge is 0.256 e. The number of halogens is 2. The number of carbonyl (C=O) groups excluding carboxylic acids is 1. The molecule has 15 heavy (non-hydrogen) atoms. The Hall–Kier alpha value is -0.480. The third kappa shape index (κ3) is 3.54. The van der Waals surface area contributed by atoms with Crippen LogP contribution in [0.3, 0.4) is 0 Å². The molecular weight excluding hydrogens is 281 g/mol. The van der Waals surface area contributed by atoms with Gasteiger partial charge in [0.2, 0.25) is 5.22 Å². The molecule has 0 unspecified atom stereocenters. The summed E-state index contributed by atoms with van der Waals surface area (Å²) in [4.78, 5) is 11.7. The number of nitrogens with one attached hydrogen (secondary N) is 1. The van der Waals surface area contributed by atoms with Crippen molar-refractivity contribution >= 4 is 33.4 Å². The SMILES string of the molecule is CC(C)(CCBr)NC(=O)c1ccoc1Cl. The van der Waals surface area contributed by atoms with Crippen LogP contribution in [0, 0.1) is 0 Å². The minimum atomic E-state index is -0.263. The monoisotopic (exact) mass is 293 g/mol. The van der Waals surface area contributed by atoms with E-state index in [-0.39, 0.29) is 16.7 Å². The van der Waals surface area contributed by atoms with Crippen LogP contribution in [-0.4, -0.2) is 16.8 Å². The molecule has 1 aromatic heterocycles. The first kappa shape index (κ1) is 12.6. The fourth-order valence-corrected chi connectivity index (χ4v) is 2.32. The standard InChI is InChI=1S/C10H13BrClNO2/c1-10(2,4-5-11)13-9(14)7-3-6-15-8(7)12/h3,6H,4-5H2,1-2H3,(H,13,14). The highest BCUT2D eigenvalue weighted by molar-refractivity contribution is 9.09. The van der Waals surface area contributed by atoms with Gasteiger partial charge >= 0.3 is 0 Å². The fourth-order valence-electron chi connectivity index (χ4n) is 1.13. The number of hydrogen-bond donors (Lipinski definition) is 1. The molecule has 0 saturated heterocycles. The van der Waals surface area contributed by atoms with E-state index in [1.165, 1.54) is 6.26 Å². The summed E-state index contributed by atoms with van der Waals surface area (Å²) in [6.45, 7) is 3.92. The van der Waals surface area contributed by atoms with E-state index in [1.54, 1.807) is 6.07 Å². The summed E-state index contributed by atoms with van der Waals surface area (Å²) in [5.41, 5.74) is 0.112. The third-order valence-electron chi connectivity index (χ3n) is 2.03. The van der Waals surface area contributed by atoms with Crippen LogP contribution in [0.1, 0.15) is 30.6 Å². The van der Waals surface area contributed by atoms with Crippen LogP contribution in [0.2, 0.25) is 5.22 Å². The Morgan fingerprint density at radius 2 is 2.33 bits per heavy atom. The van der Waals surface area contributed by atoms with E-state index in [4.69, 9.17) is 16.0 Å². The molecule has 1 amide bonds. The van der Waals surface area contributed by atoms with Gasteiger partial charge in [-0.15, -0.1) is 0 Å². The van der Waals surface area contributed by atoms with Gasteiger partial charge in [-0.1, -0.05) is 15.9 Å². The number of amides is 1. The first-order chi connectivity index (χ1) is 6.96. The molecular formula is C10H13BrClNO2. The lowest BCUT2D eigenvalue weighted by Crippen LogP contribution is -2.43. The zero-order chi connectivity index (χ0) is 11.5. The van der Waals surface area contributed by atoms with Gasteiger partial charge < -0.3 is 9.73 Å². The predicted octanol–water partition coefficient (Wildman–Crippen LogP) is 3.23. The maximum atomic E-state index is 11.7. The van der Waals surface area contributed by atoms with Crippen molar-refractivity contribution in [3.8, 4) is 0 Å². The molecule has 0 aromatic carbocycles.